The van der Waals surface area contributed by atoms with Crippen LogP contribution in [0.1, 0.15) is 29.9 Å². The second-order valence-electron chi connectivity index (χ2n) is 3.93. The summed E-state index contributed by atoms with van der Waals surface area (Å²) in [5.41, 5.74) is 5.36. The van der Waals surface area contributed by atoms with E-state index in [1.807, 2.05) is 4.68 Å². The molecule has 0 fully saturated rings. The van der Waals surface area contributed by atoms with Crippen LogP contribution in [0.2, 0.25) is 0 Å². The van der Waals surface area contributed by atoms with Gasteiger partial charge in [0.15, 0.2) is 0 Å². The van der Waals surface area contributed by atoms with Gasteiger partial charge < -0.3 is 0 Å². The summed E-state index contributed by atoms with van der Waals surface area (Å²) in [6.07, 6.45) is 2.34. The normalized spacial score (nSPS) is 12.9. The van der Waals surface area contributed by atoms with Crippen LogP contribution in [0.15, 0.2) is 17.1 Å². The minimum atomic E-state index is 0.0933. The molecule has 0 aliphatic heterocycles. The molecule has 0 spiro atoms. The molecule has 0 bridgehead atoms. The van der Waals surface area contributed by atoms with Gasteiger partial charge in [-0.2, -0.15) is 16.4 Å². The molecule has 3 N–H and O–H groups in total. The van der Waals surface area contributed by atoms with Gasteiger partial charge in [-0.05, 0) is 35.7 Å². The van der Waals surface area contributed by atoms with Crippen LogP contribution in [0.3, 0.4) is 0 Å². The highest BCUT2D eigenvalue weighted by molar-refractivity contribution is 7.08. The van der Waals surface area contributed by atoms with Gasteiger partial charge in [-0.15, -0.1) is 0 Å². The topological polar surface area (TPSA) is 68.8 Å². The van der Waals surface area contributed by atoms with Gasteiger partial charge in [0.05, 0.1) is 6.04 Å². The smallest absolute Gasteiger partial charge is 0.138 e. The van der Waals surface area contributed by atoms with Crippen molar-refractivity contribution >= 4 is 11.3 Å². The number of nitrogens with one attached hydrogen (secondary N) is 1. The van der Waals surface area contributed by atoms with Crippen molar-refractivity contribution in [3.63, 3.8) is 0 Å². The molecule has 0 aromatic carbocycles. The molecule has 0 aliphatic carbocycles. The van der Waals surface area contributed by atoms with E-state index in [9.17, 15) is 0 Å². The van der Waals surface area contributed by atoms with Crippen molar-refractivity contribution in [2.24, 2.45) is 5.84 Å². The SMILES string of the molecule is CCn1ncnc1CC(NN)c1cscc1C. The fourth-order valence-electron chi connectivity index (χ4n) is 1.88. The first kappa shape index (κ1) is 12.2. The third-order valence-corrected chi connectivity index (χ3v) is 3.73. The van der Waals surface area contributed by atoms with Crippen molar-refractivity contribution in [2.45, 2.75) is 32.9 Å². The van der Waals surface area contributed by atoms with E-state index in [-0.39, 0.29) is 6.04 Å². The first-order valence-corrected chi connectivity index (χ1v) is 6.56. The van der Waals surface area contributed by atoms with Crippen LogP contribution >= 0.6 is 11.3 Å². The fourth-order valence-corrected chi connectivity index (χ4v) is 2.78. The Morgan fingerprint density at radius 2 is 2.35 bits per heavy atom. The van der Waals surface area contributed by atoms with Crippen LogP contribution in [0.25, 0.3) is 0 Å². The Morgan fingerprint density at radius 1 is 1.53 bits per heavy atom. The molecule has 5 nitrogen and oxygen atoms in total. The van der Waals surface area contributed by atoms with Crippen molar-refractivity contribution in [3.05, 3.63) is 34.0 Å². The molecular weight excluding hydrogens is 234 g/mol. The Balaban J connectivity index is 2.19. The highest BCUT2D eigenvalue weighted by atomic mass is 32.1. The van der Waals surface area contributed by atoms with Gasteiger partial charge in [-0.3, -0.25) is 16.0 Å². The van der Waals surface area contributed by atoms with Gasteiger partial charge in [-0.25, -0.2) is 4.98 Å². The molecule has 0 saturated heterocycles. The zero-order valence-corrected chi connectivity index (χ0v) is 10.9. The van der Waals surface area contributed by atoms with E-state index in [2.05, 4.69) is 40.1 Å². The second kappa shape index (κ2) is 5.39. The summed E-state index contributed by atoms with van der Waals surface area (Å²) in [5.74, 6) is 6.60. The van der Waals surface area contributed by atoms with E-state index in [1.165, 1.54) is 11.1 Å². The molecule has 17 heavy (non-hydrogen) atoms. The Kier molecular flexibility index (Phi) is 3.88. The van der Waals surface area contributed by atoms with Crippen molar-refractivity contribution in [1.29, 1.82) is 0 Å². The van der Waals surface area contributed by atoms with Crippen LogP contribution in [0, 0.1) is 6.92 Å². The minimum Gasteiger partial charge on any atom is -0.271 e. The van der Waals surface area contributed by atoms with Crippen LogP contribution in [-0.2, 0) is 13.0 Å². The predicted molar refractivity (Wildman–Crippen MR) is 68.5 cm³/mol. The highest BCUT2D eigenvalue weighted by Crippen LogP contribution is 2.23. The summed E-state index contributed by atoms with van der Waals surface area (Å²) >= 11 is 1.69. The molecule has 0 amide bonds. The summed E-state index contributed by atoms with van der Waals surface area (Å²) in [6.45, 7) is 4.98. The van der Waals surface area contributed by atoms with Crippen LogP contribution < -0.4 is 11.3 Å². The van der Waals surface area contributed by atoms with Crippen molar-refractivity contribution in [1.82, 2.24) is 20.2 Å². The standard InChI is InChI=1S/C11H17N5S/c1-3-16-11(13-7-14-16)4-10(15-12)9-6-17-5-8(9)2/h5-7,10,15H,3-4,12H2,1-2H3. The van der Waals surface area contributed by atoms with E-state index in [4.69, 9.17) is 5.84 Å². The maximum absolute atomic E-state index is 5.64. The first-order chi connectivity index (χ1) is 8.26. The lowest BCUT2D eigenvalue weighted by molar-refractivity contribution is 0.510. The molecule has 92 valence electrons. The number of aromatic nitrogens is 3. The summed E-state index contributed by atoms with van der Waals surface area (Å²) in [4.78, 5) is 4.27. The maximum Gasteiger partial charge on any atom is 0.138 e. The minimum absolute atomic E-state index is 0.0933. The Bertz CT molecular complexity index is 476. The molecule has 0 aliphatic rings. The monoisotopic (exact) mass is 251 g/mol. The highest BCUT2D eigenvalue weighted by Gasteiger charge is 2.16. The van der Waals surface area contributed by atoms with Gasteiger partial charge in [-0.1, -0.05) is 0 Å². The number of rotatable bonds is 5. The largest absolute Gasteiger partial charge is 0.271 e. The van der Waals surface area contributed by atoms with Gasteiger partial charge >= 0.3 is 0 Å². The van der Waals surface area contributed by atoms with Crippen molar-refractivity contribution in [2.75, 3.05) is 0 Å². The number of nitrogens with zero attached hydrogens (tertiary/aromatic N) is 3. The average molecular weight is 251 g/mol. The van der Waals surface area contributed by atoms with E-state index >= 15 is 0 Å². The Morgan fingerprint density at radius 3 is 2.94 bits per heavy atom. The molecule has 2 aromatic rings. The first-order valence-electron chi connectivity index (χ1n) is 5.61. The number of nitrogens with two attached hydrogens (primary N) is 1. The van der Waals surface area contributed by atoms with E-state index < -0.39 is 0 Å². The zero-order valence-electron chi connectivity index (χ0n) is 10.1. The maximum atomic E-state index is 5.64. The van der Waals surface area contributed by atoms with Crippen LogP contribution in [0.4, 0.5) is 0 Å². The molecular formula is C11H17N5S. The van der Waals surface area contributed by atoms with E-state index in [1.54, 1.807) is 17.7 Å². The number of thiophene rings is 1. The van der Waals surface area contributed by atoms with Crippen molar-refractivity contribution < 1.29 is 0 Å². The molecule has 6 heteroatoms. The molecule has 2 rings (SSSR count). The average Bonchev–Trinajstić information content (AvgIpc) is 2.94. The number of hydrazine groups is 1. The van der Waals surface area contributed by atoms with E-state index in [0.29, 0.717) is 0 Å². The lowest BCUT2D eigenvalue weighted by Crippen LogP contribution is -2.30. The van der Waals surface area contributed by atoms with Gasteiger partial charge in [0, 0.05) is 13.0 Å². The third-order valence-electron chi connectivity index (χ3n) is 2.85. The number of aryl methyl sites for hydroxylation is 2. The lowest BCUT2D eigenvalue weighted by atomic mass is 10.0. The van der Waals surface area contributed by atoms with Crippen LogP contribution in [0.5, 0.6) is 0 Å². The van der Waals surface area contributed by atoms with E-state index in [0.717, 1.165) is 18.8 Å². The van der Waals surface area contributed by atoms with Gasteiger partial charge in [0.1, 0.15) is 12.2 Å². The summed E-state index contributed by atoms with van der Waals surface area (Å²) in [7, 11) is 0. The molecule has 0 saturated carbocycles. The van der Waals surface area contributed by atoms with Crippen molar-refractivity contribution in [3.8, 4) is 0 Å². The Labute approximate surface area is 105 Å². The molecule has 1 atom stereocenters. The van der Waals surface area contributed by atoms with Gasteiger partial charge in [0.25, 0.3) is 0 Å². The summed E-state index contributed by atoms with van der Waals surface area (Å²) < 4.78 is 1.89. The lowest BCUT2D eigenvalue weighted by Gasteiger charge is -2.15. The number of hydrogen-bond donors (Lipinski definition) is 2. The fraction of sp³-hybridized carbons (Fsp3) is 0.455. The van der Waals surface area contributed by atoms with Crippen LogP contribution in [-0.4, -0.2) is 14.8 Å². The zero-order chi connectivity index (χ0) is 12.3. The number of hydrogen-bond acceptors (Lipinski definition) is 5. The molecule has 2 aromatic heterocycles. The summed E-state index contributed by atoms with van der Waals surface area (Å²) in [5, 5.41) is 8.43. The quantitative estimate of drug-likeness (QED) is 0.623. The Hall–Kier alpha value is -1.24. The third kappa shape index (κ3) is 2.54. The summed E-state index contributed by atoms with van der Waals surface area (Å²) in [6, 6.07) is 0.0933. The second-order valence-corrected chi connectivity index (χ2v) is 4.67. The molecule has 1 unspecified atom stereocenters. The molecule has 2 heterocycles. The van der Waals surface area contributed by atoms with Gasteiger partial charge in [0.2, 0.25) is 0 Å². The predicted octanol–water partition coefficient (Wildman–Crippen LogP) is 1.42. The molecule has 0 radical (unpaired) electrons.